The van der Waals surface area contributed by atoms with Crippen LogP contribution in [-0.4, -0.2) is 51.0 Å². The van der Waals surface area contributed by atoms with Gasteiger partial charge in [-0.2, -0.15) is 10.1 Å². The molecule has 1 saturated heterocycles. The van der Waals surface area contributed by atoms with Crippen LogP contribution in [-0.2, 0) is 4.74 Å². The number of hydrogen-bond acceptors (Lipinski definition) is 7. The summed E-state index contributed by atoms with van der Waals surface area (Å²) < 4.78 is 13.4. The zero-order valence-electron chi connectivity index (χ0n) is 17.6. The van der Waals surface area contributed by atoms with Crippen molar-refractivity contribution in [3.05, 3.63) is 72.0 Å². The predicted molar refractivity (Wildman–Crippen MR) is 126 cm³/mol. The van der Waals surface area contributed by atoms with E-state index in [1.54, 1.807) is 10.9 Å². The molecule has 4 aromatic heterocycles. The summed E-state index contributed by atoms with van der Waals surface area (Å²) >= 11 is 6.15. The number of rotatable bonds is 4. The number of fused-ring (bicyclic) bond motifs is 1. The molecule has 0 spiro atoms. The molecule has 0 amide bonds. The fourth-order valence-electron chi connectivity index (χ4n) is 3.87. The van der Waals surface area contributed by atoms with Crippen LogP contribution in [0.5, 0.6) is 0 Å². The van der Waals surface area contributed by atoms with E-state index in [1.807, 2.05) is 60.8 Å². The lowest BCUT2D eigenvalue weighted by Crippen LogP contribution is -2.37. The van der Waals surface area contributed by atoms with E-state index >= 15 is 0 Å². The Morgan fingerprint density at radius 1 is 0.909 bits per heavy atom. The van der Waals surface area contributed by atoms with E-state index in [0.717, 1.165) is 35.9 Å². The van der Waals surface area contributed by atoms with E-state index in [1.165, 1.54) is 0 Å². The second-order valence-corrected chi connectivity index (χ2v) is 8.08. The van der Waals surface area contributed by atoms with Crippen molar-refractivity contribution in [3.63, 3.8) is 0 Å². The third-order valence-electron chi connectivity index (χ3n) is 5.48. The molecule has 1 aliphatic heterocycles. The molecule has 0 radical (unpaired) electrons. The van der Waals surface area contributed by atoms with E-state index in [4.69, 9.17) is 35.8 Å². The lowest BCUT2D eigenvalue weighted by Gasteiger charge is -2.27. The number of ether oxygens (including phenoxy) is 1. The van der Waals surface area contributed by atoms with Crippen LogP contribution in [0.25, 0.3) is 39.8 Å². The number of benzene rings is 1. The molecule has 6 rings (SSSR count). The van der Waals surface area contributed by atoms with Crippen molar-refractivity contribution in [2.24, 2.45) is 0 Å². The first-order chi connectivity index (χ1) is 16.2. The second-order valence-electron chi connectivity index (χ2n) is 7.64. The van der Waals surface area contributed by atoms with E-state index in [-0.39, 0.29) is 0 Å². The topological polar surface area (TPSA) is 82.1 Å². The first-order valence-corrected chi connectivity index (χ1v) is 11.0. The summed E-state index contributed by atoms with van der Waals surface area (Å²) in [6.07, 6.45) is 3.59. The van der Waals surface area contributed by atoms with Crippen LogP contribution in [0.1, 0.15) is 0 Å². The van der Waals surface area contributed by atoms with Gasteiger partial charge in [-0.1, -0.05) is 29.8 Å². The Balaban J connectivity index is 1.47. The van der Waals surface area contributed by atoms with E-state index in [9.17, 15) is 0 Å². The molecular weight excluding hydrogens is 440 g/mol. The highest BCUT2D eigenvalue weighted by Gasteiger charge is 2.22. The highest BCUT2D eigenvalue weighted by atomic mass is 35.5. The Morgan fingerprint density at radius 2 is 1.82 bits per heavy atom. The van der Waals surface area contributed by atoms with Crippen molar-refractivity contribution in [2.45, 2.75) is 0 Å². The third-order valence-corrected chi connectivity index (χ3v) is 5.72. The molecule has 0 aliphatic carbocycles. The molecule has 8 nitrogen and oxygen atoms in total. The summed E-state index contributed by atoms with van der Waals surface area (Å²) in [6, 6.07) is 17.1. The molecule has 1 fully saturated rings. The lowest BCUT2D eigenvalue weighted by atomic mass is 10.2. The fraction of sp³-hybridized carbons (Fsp3) is 0.167. The minimum atomic E-state index is 0.464. The number of halogens is 1. The van der Waals surface area contributed by atoms with Crippen molar-refractivity contribution < 1.29 is 9.15 Å². The fourth-order valence-corrected chi connectivity index (χ4v) is 4.06. The average molecular weight is 459 g/mol. The molecule has 0 bridgehead atoms. The van der Waals surface area contributed by atoms with Gasteiger partial charge in [-0.3, -0.25) is 4.98 Å². The highest BCUT2D eigenvalue weighted by molar-refractivity contribution is 6.30. The summed E-state index contributed by atoms with van der Waals surface area (Å²) in [5, 5.41) is 5.36. The maximum atomic E-state index is 6.20. The molecule has 0 N–H and O–H groups in total. The summed E-state index contributed by atoms with van der Waals surface area (Å²) in [7, 11) is 0. The first kappa shape index (κ1) is 19.9. The summed E-state index contributed by atoms with van der Waals surface area (Å²) in [5.74, 6) is 1.83. The summed E-state index contributed by atoms with van der Waals surface area (Å²) in [5.41, 5.74) is 3.78. The van der Waals surface area contributed by atoms with Gasteiger partial charge in [0.2, 0.25) is 0 Å². The van der Waals surface area contributed by atoms with Crippen molar-refractivity contribution in [3.8, 4) is 28.7 Å². The van der Waals surface area contributed by atoms with Crippen molar-refractivity contribution in [1.29, 1.82) is 0 Å². The molecule has 9 heteroatoms. The van der Waals surface area contributed by atoms with Gasteiger partial charge in [0.15, 0.2) is 17.2 Å². The summed E-state index contributed by atoms with van der Waals surface area (Å²) in [4.78, 5) is 16.2. The monoisotopic (exact) mass is 458 g/mol. The van der Waals surface area contributed by atoms with Crippen LogP contribution < -0.4 is 4.90 Å². The Labute approximate surface area is 194 Å². The van der Waals surface area contributed by atoms with Crippen LogP contribution in [0, 0.1) is 0 Å². The quantitative estimate of drug-likeness (QED) is 0.388. The van der Waals surface area contributed by atoms with Gasteiger partial charge >= 0.3 is 0 Å². The molecule has 0 unspecified atom stereocenters. The molecule has 1 aromatic carbocycles. The standard InChI is InChI=1S/C24H19ClN6O2/c25-17-5-3-4-16(14-17)18-7-9-31(29-18)24-27-20-15-21(19-6-1-2-8-26-19)33-22(20)23(28-24)30-10-12-32-13-11-30/h1-9,14-15H,10-13H2. The number of pyridine rings is 1. The SMILES string of the molecule is Clc1cccc(-c2ccn(-c3nc(N4CCOCC4)c4oc(-c5ccccn5)cc4n3)n2)c1. The summed E-state index contributed by atoms with van der Waals surface area (Å²) in [6.45, 7) is 2.71. The molecule has 33 heavy (non-hydrogen) atoms. The molecule has 1 aliphatic rings. The van der Waals surface area contributed by atoms with Crippen molar-refractivity contribution >= 4 is 28.5 Å². The van der Waals surface area contributed by atoms with Gasteiger partial charge in [-0.25, -0.2) is 9.67 Å². The maximum Gasteiger partial charge on any atom is 0.253 e. The predicted octanol–water partition coefficient (Wildman–Crippen LogP) is 4.63. The van der Waals surface area contributed by atoms with Crippen LogP contribution in [0.3, 0.4) is 0 Å². The Morgan fingerprint density at radius 3 is 2.64 bits per heavy atom. The number of nitrogens with zero attached hydrogens (tertiary/aromatic N) is 6. The molecule has 164 valence electrons. The van der Waals surface area contributed by atoms with E-state index in [2.05, 4.69) is 9.88 Å². The molecular formula is C24H19ClN6O2. The van der Waals surface area contributed by atoms with Gasteiger partial charge in [-0.05, 0) is 30.3 Å². The van der Waals surface area contributed by atoms with E-state index < -0.39 is 0 Å². The highest BCUT2D eigenvalue weighted by Crippen LogP contribution is 2.32. The first-order valence-electron chi connectivity index (χ1n) is 10.6. The smallest absolute Gasteiger partial charge is 0.253 e. The Hall–Kier alpha value is -3.75. The maximum absolute atomic E-state index is 6.20. The molecule has 0 atom stereocenters. The third kappa shape index (κ3) is 3.83. The number of aromatic nitrogens is 5. The molecule has 5 aromatic rings. The van der Waals surface area contributed by atoms with Crippen LogP contribution in [0.4, 0.5) is 5.82 Å². The van der Waals surface area contributed by atoms with Crippen LogP contribution >= 0.6 is 11.6 Å². The van der Waals surface area contributed by atoms with Crippen molar-refractivity contribution in [2.75, 3.05) is 31.2 Å². The minimum absolute atomic E-state index is 0.464. The molecule has 0 saturated carbocycles. The minimum Gasteiger partial charge on any atom is -0.449 e. The van der Waals surface area contributed by atoms with Crippen LogP contribution in [0.15, 0.2) is 71.4 Å². The zero-order chi connectivity index (χ0) is 22.2. The van der Waals surface area contributed by atoms with Gasteiger partial charge < -0.3 is 14.1 Å². The van der Waals surface area contributed by atoms with Gasteiger partial charge in [0.1, 0.15) is 11.2 Å². The van der Waals surface area contributed by atoms with Gasteiger partial charge in [0.25, 0.3) is 5.95 Å². The number of morpholine rings is 1. The zero-order valence-corrected chi connectivity index (χ0v) is 18.3. The Bertz CT molecular complexity index is 1430. The number of hydrogen-bond donors (Lipinski definition) is 0. The van der Waals surface area contributed by atoms with Crippen molar-refractivity contribution in [1.82, 2.24) is 24.7 Å². The average Bonchev–Trinajstić information content (AvgIpc) is 3.52. The number of anilines is 1. The van der Waals surface area contributed by atoms with Gasteiger partial charge in [-0.15, -0.1) is 0 Å². The van der Waals surface area contributed by atoms with Gasteiger partial charge in [0, 0.05) is 42.1 Å². The lowest BCUT2D eigenvalue weighted by molar-refractivity contribution is 0.122. The van der Waals surface area contributed by atoms with Crippen LogP contribution in [0.2, 0.25) is 5.02 Å². The molecule has 5 heterocycles. The van der Waals surface area contributed by atoms with E-state index in [0.29, 0.717) is 41.0 Å². The largest absolute Gasteiger partial charge is 0.449 e. The van der Waals surface area contributed by atoms with Gasteiger partial charge in [0.05, 0.1) is 18.9 Å². The normalized spacial score (nSPS) is 14.2. The second kappa shape index (κ2) is 8.31. The Kier molecular flexibility index (Phi) is 5.01. The number of furan rings is 1.